The molecule has 1 heterocycles. The van der Waals surface area contributed by atoms with Gasteiger partial charge in [-0.1, -0.05) is 30.3 Å². The quantitative estimate of drug-likeness (QED) is 0.838. The van der Waals surface area contributed by atoms with Gasteiger partial charge in [0.15, 0.2) is 0 Å². The van der Waals surface area contributed by atoms with E-state index in [2.05, 4.69) is 0 Å². The first-order valence-electron chi connectivity index (χ1n) is 6.07. The van der Waals surface area contributed by atoms with Gasteiger partial charge in [0.05, 0.1) is 6.04 Å². The van der Waals surface area contributed by atoms with Crippen LogP contribution >= 0.6 is 0 Å². The number of nitrogens with two attached hydrogens (primary N) is 1. The molecule has 0 aromatic heterocycles. The SMILES string of the molecule is N[C@H]1C(=O)N(c2ccc(F)cc2)[C@H]1c1ccccc1. The lowest BCUT2D eigenvalue weighted by Crippen LogP contribution is -2.63. The molecule has 2 aromatic carbocycles. The number of hydrogen-bond acceptors (Lipinski definition) is 2. The van der Waals surface area contributed by atoms with Crippen molar-refractivity contribution in [2.75, 3.05) is 4.90 Å². The third kappa shape index (κ3) is 1.90. The Bertz CT molecular complexity index is 597. The number of carbonyl (C=O) groups is 1. The van der Waals surface area contributed by atoms with Crippen LogP contribution in [0.5, 0.6) is 0 Å². The molecule has 0 saturated carbocycles. The highest BCUT2D eigenvalue weighted by atomic mass is 19.1. The van der Waals surface area contributed by atoms with E-state index in [1.807, 2.05) is 30.3 Å². The van der Waals surface area contributed by atoms with E-state index in [9.17, 15) is 9.18 Å². The molecule has 0 bridgehead atoms. The van der Waals surface area contributed by atoms with Gasteiger partial charge in [-0.05, 0) is 29.8 Å². The highest BCUT2D eigenvalue weighted by Crippen LogP contribution is 2.37. The van der Waals surface area contributed by atoms with E-state index in [1.165, 1.54) is 12.1 Å². The molecule has 1 fully saturated rings. The minimum Gasteiger partial charge on any atom is -0.318 e. The summed E-state index contributed by atoms with van der Waals surface area (Å²) in [6, 6.07) is 14.8. The van der Waals surface area contributed by atoms with Crippen LogP contribution in [0.2, 0.25) is 0 Å². The van der Waals surface area contributed by atoms with Crippen LogP contribution in [0.4, 0.5) is 10.1 Å². The summed E-state index contributed by atoms with van der Waals surface area (Å²) in [5.74, 6) is -0.460. The Morgan fingerprint density at radius 3 is 2.26 bits per heavy atom. The number of amides is 1. The molecule has 96 valence electrons. The predicted molar refractivity (Wildman–Crippen MR) is 71.0 cm³/mol. The normalized spacial score (nSPS) is 22.2. The zero-order valence-corrected chi connectivity index (χ0v) is 10.2. The van der Waals surface area contributed by atoms with Gasteiger partial charge in [-0.15, -0.1) is 0 Å². The number of hydrogen-bond donors (Lipinski definition) is 1. The summed E-state index contributed by atoms with van der Waals surface area (Å²) in [4.78, 5) is 13.5. The van der Waals surface area contributed by atoms with Crippen LogP contribution in [0, 0.1) is 5.82 Å². The van der Waals surface area contributed by atoms with Gasteiger partial charge >= 0.3 is 0 Å². The third-order valence-electron chi connectivity index (χ3n) is 3.39. The van der Waals surface area contributed by atoms with Crippen molar-refractivity contribution in [1.82, 2.24) is 0 Å². The third-order valence-corrected chi connectivity index (χ3v) is 3.39. The van der Waals surface area contributed by atoms with Crippen molar-refractivity contribution in [1.29, 1.82) is 0 Å². The van der Waals surface area contributed by atoms with Crippen molar-refractivity contribution in [3.8, 4) is 0 Å². The van der Waals surface area contributed by atoms with Crippen LogP contribution in [0.25, 0.3) is 0 Å². The molecule has 19 heavy (non-hydrogen) atoms. The van der Waals surface area contributed by atoms with Gasteiger partial charge in [0.1, 0.15) is 11.9 Å². The highest BCUT2D eigenvalue weighted by molar-refractivity contribution is 6.05. The van der Waals surface area contributed by atoms with E-state index in [-0.39, 0.29) is 17.8 Å². The van der Waals surface area contributed by atoms with E-state index in [4.69, 9.17) is 5.73 Å². The Hall–Kier alpha value is -2.20. The molecule has 2 N–H and O–H groups in total. The number of β-lactam (4-membered cyclic amide) rings is 1. The smallest absolute Gasteiger partial charge is 0.247 e. The zero-order valence-electron chi connectivity index (χ0n) is 10.2. The molecule has 0 spiro atoms. The predicted octanol–water partition coefficient (Wildman–Crippen LogP) is 2.24. The molecule has 1 saturated heterocycles. The maximum atomic E-state index is 12.9. The number of halogens is 1. The maximum Gasteiger partial charge on any atom is 0.247 e. The zero-order chi connectivity index (χ0) is 13.4. The monoisotopic (exact) mass is 256 g/mol. The molecule has 3 nitrogen and oxygen atoms in total. The number of carbonyl (C=O) groups excluding carboxylic acids is 1. The Morgan fingerprint density at radius 1 is 1.00 bits per heavy atom. The number of nitrogens with zero attached hydrogens (tertiary/aromatic N) is 1. The van der Waals surface area contributed by atoms with Crippen LogP contribution in [0.1, 0.15) is 11.6 Å². The van der Waals surface area contributed by atoms with Crippen LogP contribution in [0.15, 0.2) is 54.6 Å². The second kappa shape index (κ2) is 4.48. The van der Waals surface area contributed by atoms with Gasteiger partial charge in [0.25, 0.3) is 0 Å². The fourth-order valence-electron chi connectivity index (χ4n) is 2.41. The number of benzene rings is 2. The van der Waals surface area contributed by atoms with Crippen molar-refractivity contribution < 1.29 is 9.18 Å². The Labute approximate surface area is 110 Å². The summed E-state index contributed by atoms with van der Waals surface area (Å²) in [5.41, 5.74) is 7.54. The van der Waals surface area contributed by atoms with E-state index in [0.29, 0.717) is 5.69 Å². The summed E-state index contributed by atoms with van der Waals surface area (Å²) in [6.45, 7) is 0. The maximum absolute atomic E-state index is 12.9. The second-order valence-corrected chi connectivity index (χ2v) is 4.57. The van der Waals surface area contributed by atoms with Crippen LogP contribution < -0.4 is 10.6 Å². The first-order valence-corrected chi connectivity index (χ1v) is 6.07. The van der Waals surface area contributed by atoms with Gasteiger partial charge in [0, 0.05) is 5.69 Å². The molecular formula is C15H13FN2O. The molecule has 4 heteroatoms. The van der Waals surface area contributed by atoms with E-state index < -0.39 is 6.04 Å². The molecule has 1 amide bonds. The lowest BCUT2D eigenvalue weighted by Gasteiger charge is -2.45. The van der Waals surface area contributed by atoms with E-state index in [1.54, 1.807) is 17.0 Å². The van der Waals surface area contributed by atoms with Crippen molar-refractivity contribution in [3.05, 3.63) is 66.0 Å². The fourth-order valence-corrected chi connectivity index (χ4v) is 2.41. The van der Waals surface area contributed by atoms with Crippen molar-refractivity contribution >= 4 is 11.6 Å². The van der Waals surface area contributed by atoms with Crippen molar-refractivity contribution in [2.45, 2.75) is 12.1 Å². The summed E-state index contributed by atoms with van der Waals surface area (Å²) in [5, 5.41) is 0. The molecule has 3 rings (SSSR count). The molecule has 2 atom stereocenters. The van der Waals surface area contributed by atoms with E-state index >= 15 is 0 Å². The Balaban J connectivity index is 1.96. The molecule has 0 unspecified atom stereocenters. The highest BCUT2D eigenvalue weighted by Gasteiger charge is 2.46. The first kappa shape index (κ1) is 11.9. The molecular weight excluding hydrogens is 243 g/mol. The summed E-state index contributed by atoms with van der Waals surface area (Å²) in [7, 11) is 0. The number of rotatable bonds is 2. The largest absolute Gasteiger partial charge is 0.318 e. The van der Waals surface area contributed by atoms with Gasteiger partial charge in [-0.3, -0.25) is 4.79 Å². The average Bonchev–Trinajstić information content (AvgIpc) is 2.46. The summed E-state index contributed by atoms with van der Waals surface area (Å²) < 4.78 is 12.9. The van der Waals surface area contributed by atoms with Gasteiger partial charge in [0.2, 0.25) is 5.91 Å². The molecule has 1 aliphatic heterocycles. The molecule has 2 aromatic rings. The molecule has 1 aliphatic rings. The van der Waals surface area contributed by atoms with Crippen molar-refractivity contribution in [2.24, 2.45) is 5.73 Å². The molecule has 0 radical (unpaired) electrons. The van der Waals surface area contributed by atoms with Gasteiger partial charge in [-0.2, -0.15) is 0 Å². The van der Waals surface area contributed by atoms with Crippen LogP contribution in [0.3, 0.4) is 0 Å². The van der Waals surface area contributed by atoms with Gasteiger partial charge in [-0.25, -0.2) is 4.39 Å². The Morgan fingerprint density at radius 2 is 1.63 bits per heavy atom. The fraction of sp³-hybridized carbons (Fsp3) is 0.133. The molecule has 0 aliphatic carbocycles. The minimum atomic E-state index is -0.535. The minimum absolute atomic E-state index is 0.138. The Kier molecular flexibility index (Phi) is 2.80. The van der Waals surface area contributed by atoms with Gasteiger partial charge < -0.3 is 10.6 Å². The standard InChI is InChI=1S/C15H13FN2O/c16-11-6-8-12(9-7-11)18-14(13(17)15(18)19)10-4-2-1-3-5-10/h1-9,13-14H,17H2/t13-,14+/m1/s1. The lowest BCUT2D eigenvalue weighted by atomic mass is 9.88. The summed E-state index contributed by atoms with van der Waals surface area (Å²) >= 11 is 0. The van der Waals surface area contributed by atoms with Crippen LogP contribution in [-0.2, 0) is 4.79 Å². The van der Waals surface area contributed by atoms with E-state index in [0.717, 1.165) is 5.56 Å². The van der Waals surface area contributed by atoms with Crippen molar-refractivity contribution in [3.63, 3.8) is 0 Å². The number of anilines is 1. The second-order valence-electron chi connectivity index (χ2n) is 4.57. The summed E-state index contributed by atoms with van der Waals surface area (Å²) in [6.07, 6.45) is 0. The van der Waals surface area contributed by atoms with Crippen LogP contribution in [-0.4, -0.2) is 11.9 Å². The first-order chi connectivity index (χ1) is 9.18. The topological polar surface area (TPSA) is 46.3 Å². The lowest BCUT2D eigenvalue weighted by molar-refractivity contribution is -0.126. The average molecular weight is 256 g/mol.